The molecule has 8 aromatic rings. The Hall–Kier alpha value is -4.31. The van der Waals surface area contributed by atoms with E-state index in [9.17, 15) is 0 Å². The molecule has 0 fully saturated rings. The lowest BCUT2D eigenvalue weighted by Crippen LogP contribution is -2.57. The van der Waals surface area contributed by atoms with Crippen LogP contribution in [0.4, 0.5) is 0 Å². The molecule has 0 N–H and O–H groups in total. The van der Waals surface area contributed by atoms with E-state index in [0.29, 0.717) is 0 Å². The molecule has 0 saturated carbocycles. The third-order valence-electron chi connectivity index (χ3n) is 10.3. The molecule has 212 valence electrons. The van der Waals surface area contributed by atoms with Crippen molar-refractivity contribution in [3.05, 3.63) is 121 Å². The van der Waals surface area contributed by atoms with E-state index < -0.39 is 0 Å². The fourth-order valence-electron chi connectivity index (χ4n) is 8.36. The standard InChI is InChI=1S/C42H29BS2/c1-42(2,3)26-21-28-39-35-24(19-32(44)37(39)23-11-5-4-6-12-23)13-9-16-30(35)43-31-17-10-14-25-20-34-38(27-15-7-8-18-33(27)45-34)40(36(25)31)29(22-26)41(28)43/h4-22,44H,1-3H3. The third kappa shape index (κ3) is 3.41. The monoisotopic (exact) mass is 608 g/mol. The molecule has 0 amide bonds. The van der Waals surface area contributed by atoms with Gasteiger partial charge in [0.15, 0.2) is 0 Å². The molecule has 3 heterocycles. The van der Waals surface area contributed by atoms with Gasteiger partial charge in [-0.15, -0.1) is 24.0 Å². The molecular formula is C42H29BS2. The van der Waals surface area contributed by atoms with Crippen molar-refractivity contribution >= 4 is 88.8 Å². The summed E-state index contributed by atoms with van der Waals surface area (Å²) in [5.41, 5.74) is 13.6. The molecule has 0 nitrogen and oxygen atoms in total. The van der Waals surface area contributed by atoms with Crippen molar-refractivity contribution in [3.63, 3.8) is 0 Å². The minimum atomic E-state index is -0.0245. The highest BCUT2D eigenvalue weighted by Gasteiger charge is 2.41. The average molecular weight is 609 g/mol. The van der Waals surface area contributed by atoms with Gasteiger partial charge < -0.3 is 0 Å². The minimum Gasteiger partial charge on any atom is -0.143 e. The lowest BCUT2D eigenvalue weighted by Gasteiger charge is -2.37. The first kappa shape index (κ1) is 26.0. The Balaban J connectivity index is 1.48. The van der Waals surface area contributed by atoms with Crippen LogP contribution in [0, 0.1) is 0 Å². The summed E-state index contributed by atoms with van der Waals surface area (Å²) in [5.74, 6) is 0. The van der Waals surface area contributed by atoms with Crippen LogP contribution in [-0.2, 0) is 5.41 Å². The van der Waals surface area contributed by atoms with Crippen molar-refractivity contribution in [1.29, 1.82) is 0 Å². The summed E-state index contributed by atoms with van der Waals surface area (Å²) in [4.78, 5) is 1.03. The summed E-state index contributed by atoms with van der Waals surface area (Å²) in [6.07, 6.45) is 0. The summed E-state index contributed by atoms with van der Waals surface area (Å²) >= 11 is 7.11. The lowest BCUT2D eigenvalue weighted by atomic mass is 9.30. The second-order valence-electron chi connectivity index (χ2n) is 13.8. The maximum absolute atomic E-state index is 5.19. The van der Waals surface area contributed by atoms with Crippen molar-refractivity contribution in [3.8, 4) is 33.4 Å². The molecule has 0 spiro atoms. The fraction of sp³-hybridized carbons (Fsp3) is 0.0952. The molecule has 3 heteroatoms. The molecule has 7 aromatic carbocycles. The van der Waals surface area contributed by atoms with Gasteiger partial charge in [-0.2, -0.15) is 0 Å². The van der Waals surface area contributed by atoms with Gasteiger partial charge in [-0.05, 0) is 78.5 Å². The van der Waals surface area contributed by atoms with E-state index in [1.807, 2.05) is 11.3 Å². The van der Waals surface area contributed by atoms with Gasteiger partial charge in [-0.1, -0.05) is 134 Å². The summed E-state index contributed by atoms with van der Waals surface area (Å²) in [5, 5.41) is 8.14. The predicted octanol–water partition coefficient (Wildman–Crippen LogP) is 10.1. The van der Waals surface area contributed by atoms with Gasteiger partial charge in [0.25, 0.3) is 0 Å². The number of hydrogen-bond acceptors (Lipinski definition) is 2. The van der Waals surface area contributed by atoms with E-state index in [1.165, 1.54) is 97.0 Å². The SMILES string of the molecule is CC(C)(C)c1cc2c3c(c1)-c1c4c(cccc4cc4sc5ccccc5c14)B3c1cccc3cc(S)c(-c4ccccc4)c-2c13. The van der Waals surface area contributed by atoms with E-state index in [-0.39, 0.29) is 12.1 Å². The number of fused-ring (bicyclic) bond motifs is 8. The molecule has 0 saturated heterocycles. The summed E-state index contributed by atoms with van der Waals surface area (Å²) in [6.45, 7) is 7.22. The third-order valence-corrected chi connectivity index (χ3v) is 11.7. The number of benzene rings is 7. The second-order valence-corrected chi connectivity index (χ2v) is 15.4. The molecule has 2 aliphatic rings. The first-order valence-corrected chi connectivity index (χ1v) is 17.0. The van der Waals surface area contributed by atoms with E-state index in [1.54, 1.807) is 0 Å². The Kier molecular flexibility index (Phi) is 5.14. The zero-order chi connectivity index (χ0) is 30.2. The van der Waals surface area contributed by atoms with Gasteiger partial charge in [0.1, 0.15) is 0 Å². The maximum Gasteiger partial charge on any atom is 0.244 e. The molecule has 10 rings (SSSR count). The first-order valence-electron chi connectivity index (χ1n) is 15.8. The van der Waals surface area contributed by atoms with Crippen LogP contribution < -0.4 is 16.4 Å². The largest absolute Gasteiger partial charge is 0.244 e. The highest BCUT2D eigenvalue weighted by molar-refractivity contribution is 7.80. The van der Waals surface area contributed by atoms with Crippen molar-refractivity contribution in [2.75, 3.05) is 0 Å². The molecule has 0 bridgehead atoms. The molecule has 2 aliphatic heterocycles. The van der Waals surface area contributed by atoms with Gasteiger partial charge in [0.05, 0.1) is 0 Å². The Morgan fingerprint density at radius 2 is 1.22 bits per heavy atom. The lowest BCUT2D eigenvalue weighted by molar-refractivity contribution is 0.591. The van der Waals surface area contributed by atoms with Gasteiger partial charge >= 0.3 is 0 Å². The Labute approximate surface area is 272 Å². The summed E-state index contributed by atoms with van der Waals surface area (Å²) in [6, 6.07) is 43.5. The van der Waals surface area contributed by atoms with Crippen LogP contribution in [0.5, 0.6) is 0 Å². The highest BCUT2D eigenvalue weighted by Crippen LogP contribution is 2.50. The van der Waals surface area contributed by atoms with Crippen LogP contribution in [0.15, 0.2) is 120 Å². The number of rotatable bonds is 1. The van der Waals surface area contributed by atoms with Gasteiger partial charge in [0.2, 0.25) is 6.71 Å². The predicted molar refractivity (Wildman–Crippen MR) is 201 cm³/mol. The van der Waals surface area contributed by atoms with Crippen LogP contribution in [0.25, 0.3) is 75.1 Å². The molecular weight excluding hydrogens is 579 g/mol. The molecule has 0 aliphatic carbocycles. The smallest absolute Gasteiger partial charge is 0.143 e. The normalized spacial score (nSPS) is 13.3. The van der Waals surface area contributed by atoms with Crippen molar-refractivity contribution < 1.29 is 0 Å². The number of thiol groups is 1. The van der Waals surface area contributed by atoms with Crippen molar-refractivity contribution in [2.24, 2.45) is 0 Å². The topological polar surface area (TPSA) is 0 Å². The van der Waals surface area contributed by atoms with Crippen molar-refractivity contribution in [1.82, 2.24) is 0 Å². The van der Waals surface area contributed by atoms with Crippen LogP contribution in [0.2, 0.25) is 0 Å². The van der Waals surface area contributed by atoms with Crippen molar-refractivity contribution in [2.45, 2.75) is 31.1 Å². The van der Waals surface area contributed by atoms with Crippen LogP contribution in [-0.4, -0.2) is 6.71 Å². The Morgan fingerprint density at radius 3 is 1.96 bits per heavy atom. The number of thiophene rings is 1. The second kappa shape index (κ2) is 8.91. The zero-order valence-corrected chi connectivity index (χ0v) is 27.1. The summed E-state index contributed by atoms with van der Waals surface area (Å²) in [7, 11) is 0. The minimum absolute atomic E-state index is 0.0245. The Morgan fingerprint density at radius 1 is 0.578 bits per heavy atom. The number of hydrogen-bond donors (Lipinski definition) is 1. The van der Waals surface area contributed by atoms with Gasteiger partial charge in [-0.3, -0.25) is 0 Å². The van der Waals surface area contributed by atoms with Crippen LogP contribution >= 0.6 is 24.0 Å². The Bertz CT molecular complexity index is 2580. The van der Waals surface area contributed by atoms with E-state index >= 15 is 0 Å². The molecule has 0 unspecified atom stereocenters. The summed E-state index contributed by atoms with van der Waals surface area (Å²) < 4.78 is 2.72. The van der Waals surface area contributed by atoms with Gasteiger partial charge in [0, 0.05) is 30.6 Å². The first-order chi connectivity index (χ1) is 21.9. The van der Waals surface area contributed by atoms with E-state index in [4.69, 9.17) is 12.6 Å². The highest BCUT2D eigenvalue weighted by atomic mass is 32.1. The van der Waals surface area contributed by atoms with E-state index in [2.05, 4.69) is 136 Å². The molecule has 1 aromatic heterocycles. The molecule has 45 heavy (non-hydrogen) atoms. The van der Waals surface area contributed by atoms with Gasteiger partial charge in [-0.25, -0.2) is 0 Å². The maximum atomic E-state index is 5.19. The zero-order valence-electron chi connectivity index (χ0n) is 25.4. The quantitative estimate of drug-likeness (QED) is 0.139. The molecule has 0 atom stereocenters. The van der Waals surface area contributed by atoms with Crippen LogP contribution in [0.1, 0.15) is 26.3 Å². The van der Waals surface area contributed by atoms with E-state index in [0.717, 1.165) is 4.90 Å². The molecule has 0 radical (unpaired) electrons. The fourth-order valence-corrected chi connectivity index (χ4v) is 9.91. The van der Waals surface area contributed by atoms with Crippen LogP contribution in [0.3, 0.4) is 0 Å². The average Bonchev–Trinajstić information content (AvgIpc) is 3.41.